The molecular weight excluding hydrogens is 164 g/mol. The summed E-state index contributed by atoms with van der Waals surface area (Å²) in [5.74, 6) is -2.08. The molecule has 0 aliphatic rings. The SMILES string of the molecule is CCC(=O)OCC(=O)OC(C)=O. The molecule has 12 heavy (non-hydrogen) atoms. The van der Waals surface area contributed by atoms with Crippen LogP contribution in [-0.4, -0.2) is 24.5 Å². The van der Waals surface area contributed by atoms with Gasteiger partial charge >= 0.3 is 17.9 Å². The maximum absolute atomic E-state index is 10.6. The molecule has 5 heteroatoms. The Kier molecular flexibility index (Phi) is 4.67. The first kappa shape index (κ1) is 10.6. The fourth-order valence-electron chi connectivity index (χ4n) is 0.431. The van der Waals surface area contributed by atoms with E-state index in [4.69, 9.17) is 0 Å². The van der Waals surface area contributed by atoms with Gasteiger partial charge in [-0.05, 0) is 0 Å². The molecule has 0 heterocycles. The topological polar surface area (TPSA) is 69.7 Å². The van der Waals surface area contributed by atoms with E-state index in [1.165, 1.54) is 0 Å². The molecule has 0 atom stereocenters. The third-order valence-electron chi connectivity index (χ3n) is 0.897. The largest absolute Gasteiger partial charge is 0.454 e. The van der Waals surface area contributed by atoms with Crippen LogP contribution in [0.2, 0.25) is 0 Å². The normalized spacial score (nSPS) is 8.83. The molecule has 68 valence electrons. The van der Waals surface area contributed by atoms with Gasteiger partial charge in [-0.1, -0.05) is 6.92 Å². The Balaban J connectivity index is 3.57. The number of carbonyl (C=O) groups excluding carboxylic acids is 3. The van der Waals surface area contributed by atoms with E-state index < -0.39 is 24.5 Å². The van der Waals surface area contributed by atoms with Crippen LogP contribution in [0.4, 0.5) is 0 Å². The number of hydrogen-bond donors (Lipinski definition) is 0. The highest BCUT2D eigenvalue weighted by atomic mass is 16.6. The van der Waals surface area contributed by atoms with Crippen molar-refractivity contribution in [3.63, 3.8) is 0 Å². The van der Waals surface area contributed by atoms with Gasteiger partial charge in [0, 0.05) is 13.3 Å². The van der Waals surface area contributed by atoms with Crippen molar-refractivity contribution in [2.24, 2.45) is 0 Å². The highest BCUT2D eigenvalue weighted by Gasteiger charge is 2.08. The maximum atomic E-state index is 10.6. The van der Waals surface area contributed by atoms with E-state index >= 15 is 0 Å². The van der Waals surface area contributed by atoms with Crippen LogP contribution in [0.15, 0.2) is 0 Å². The van der Waals surface area contributed by atoms with E-state index in [0.29, 0.717) is 0 Å². The molecule has 0 aliphatic carbocycles. The summed E-state index contributed by atoms with van der Waals surface area (Å²) in [6.07, 6.45) is 0.188. The zero-order valence-electron chi connectivity index (χ0n) is 6.96. The predicted molar refractivity (Wildman–Crippen MR) is 38.0 cm³/mol. The fraction of sp³-hybridized carbons (Fsp3) is 0.571. The highest BCUT2D eigenvalue weighted by molar-refractivity contribution is 5.85. The highest BCUT2D eigenvalue weighted by Crippen LogP contribution is 1.86. The Bertz CT molecular complexity index is 196. The fourth-order valence-corrected chi connectivity index (χ4v) is 0.431. The maximum Gasteiger partial charge on any atom is 0.351 e. The summed E-state index contributed by atoms with van der Waals surface area (Å²) in [5.41, 5.74) is 0. The number of esters is 3. The van der Waals surface area contributed by atoms with E-state index in [2.05, 4.69) is 9.47 Å². The minimum absolute atomic E-state index is 0.188. The standard InChI is InChI=1S/C7H10O5/c1-3-6(9)11-4-7(10)12-5(2)8/h3-4H2,1-2H3. The molecule has 0 saturated heterocycles. The van der Waals surface area contributed by atoms with Gasteiger partial charge in [0.05, 0.1) is 0 Å². The summed E-state index contributed by atoms with van der Waals surface area (Å²) in [4.78, 5) is 31.2. The van der Waals surface area contributed by atoms with Crippen LogP contribution in [0, 0.1) is 0 Å². The first-order valence-corrected chi connectivity index (χ1v) is 3.43. The summed E-state index contributed by atoms with van der Waals surface area (Å²) in [6.45, 7) is 2.18. The van der Waals surface area contributed by atoms with Crippen LogP contribution in [0.1, 0.15) is 20.3 Å². The molecule has 0 aromatic rings. The van der Waals surface area contributed by atoms with Crippen LogP contribution >= 0.6 is 0 Å². The summed E-state index contributed by atoms with van der Waals surface area (Å²) in [5, 5.41) is 0. The Morgan fingerprint density at radius 1 is 1.17 bits per heavy atom. The molecule has 0 rings (SSSR count). The molecule has 0 N–H and O–H groups in total. The van der Waals surface area contributed by atoms with Crippen molar-refractivity contribution < 1.29 is 23.9 Å². The Hall–Kier alpha value is -1.39. The van der Waals surface area contributed by atoms with Crippen molar-refractivity contribution in [1.82, 2.24) is 0 Å². The first-order valence-electron chi connectivity index (χ1n) is 3.43. The first-order chi connectivity index (χ1) is 5.56. The lowest BCUT2D eigenvalue weighted by molar-refractivity contribution is -0.165. The molecule has 0 radical (unpaired) electrons. The lowest BCUT2D eigenvalue weighted by atomic mass is 10.5. The Morgan fingerprint density at radius 3 is 2.17 bits per heavy atom. The molecule has 0 fully saturated rings. The van der Waals surface area contributed by atoms with Crippen molar-refractivity contribution in [2.75, 3.05) is 6.61 Å². The van der Waals surface area contributed by atoms with Gasteiger partial charge in [-0.3, -0.25) is 9.59 Å². The smallest absolute Gasteiger partial charge is 0.351 e. The van der Waals surface area contributed by atoms with E-state index in [1.807, 2.05) is 0 Å². The van der Waals surface area contributed by atoms with Crippen LogP contribution in [0.3, 0.4) is 0 Å². The molecule has 0 saturated carbocycles. The van der Waals surface area contributed by atoms with Gasteiger partial charge in [-0.25, -0.2) is 4.79 Å². The van der Waals surface area contributed by atoms with E-state index in [-0.39, 0.29) is 6.42 Å². The second-order valence-corrected chi connectivity index (χ2v) is 1.98. The summed E-state index contributed by atoms with van der Waals surface area (Å²) >= 11 is 0. The third-order valence-corrected chi connectivity index (χ3v) is 0.897. The molecule has 0 bridgehead atoms. The minimum atomic E-state index is -0.857. The second kappa shape index (κ2) is 5.29. The van der Waals surface area contributed by atoms with Crippen molar-refractivity contribution in [1.29, 1.82) is 0 Å². The van der Waals surface area contributed by atoms with Gasteiger partial charge in [0.2, 0.25) is 0 Å². The minimum Gasteiger partial charge on any atom is -0.454 e. The number of carbonyl (C=O) groups is 3. The van der Waals surface area contributed by atoms with E-state index in [0.717, 1.165) is 6.92 Å². The van der Waals surface area contributed by atoms with Crippen LogP contribution in [0.5, 0.6) is 0 Å². The number of rotatable bonds is 3. The Labute approximate surface area is 69.6 Å². The Morgan fingerprint density at radius 2 is 1.75 bits per heavy atom. The van der Waals surface area contributed by atoms with Crippen molar-refractivity contribution in [3.8, 4) is 0 Å². The summed E-state index contributed by atoms with van der Waals surface area (Å²) in [7, 11) is 0. The van der Waals surface area contributed by atoms with Crippen LogP contribution in [0.25, 0.3) is 0 Å². The molecule has 5 nitrogen and oxygen atoms in total. The lowest BCUT2D eigenvalue weighted by Gasteiger charge is -2.00. The molecular formula is C7H10O5. The van der Waals surface area contributed by atoms with E-state index in [1.54, 1.807) is 6.92 Å². The second-order valence-electron chi connectivity index (χ2n) is 1.98. The zero-order valence-corrected chi connectivity index (χ0v) is 6.96. The molecule has 0 aromatic carbocycles. The van der Waals surface area contributed by atoms with Gasteiger partial charge in [0.1, 0.15) is 0 Å². The summed E-state index contributed by atoms with van der Waals surface area (Å²) < 4.78 is 8.48. The van der Waals surface area contributed by atoms with Gasteiger partial charge in [0.25, 0.3) is 0 Å². The third kappa shape index (κ3) is 5.40. The average Bonchev–Trinajstić information content (AvgIpc) is 1.99. The van der Waals surface area contributed by atoms with Gasteiger partial charge in [0.15, 0.2) is 6.61 Å². The molecule has 0 amide bonds. The van der Waals surface area contributed by atoms with Gasteiger partial charge < -0.3 is 9.47 Å². The van der Waals surface area contributed by atoms with Crippen molar-refractivity contribution in [3.05, 3.63) is 0 Å². The quantitative estimate of drug-likeness (QED) is 0.446. The zero-order chi connectivity index (χ0) is 9.56. The molecule has 0 aromatic heterocycles. The van der Waals surface area contributed by atoms with Gasteiger partial charge in [-0.15, -0.1) is 0 Å². The van der Waals surface area contributed by atoms with Crippen LogP contribution < -0.4 is 0 Å². The van der Waals surface area contributed by atoms with E-state index in [9.17, 15) is 14.4 Å². The average molecular weight is 174 g/mol. The molecule has 0 aliphatic heterocycles. The predicted octanol–water partition coefficient (Wildman–Crippen LogP) is 0.0293. The molecule has 0 spiro atoms. The summed E-state index contributed by atoms with van der Waals surface area (Å²) in [6, 6.07) is 0. The number of ether oxygens (including phenoxy) is 2. The molecule has 0 unspecified atom stereocenters. The lowest BCUT2D eigenvalue weighted by Crippen LogP contribution is -2.17. The van der Waals surface area contributed by atoms with Crippen molar-refractivity contribution >= 4 is 17.9 Å². The van der Waals surface area contributed by atoms with Crippen LogP contribution in [-0.2, 0) is 23.9 Å². The number of hydrogen-bond acceptors (Lipinski definition) is 5. The monoisotopic (exact) mass is 174 g/mol. The van der Waals surface area contributed by atoms with Gasteiger partial charge in [-0.2, -0.15) is 0 Å². The van der Waals surface area contributed by atoms with Crippen molar-refractivity contribution in [2.45, 2.75) is 20.3 Å².